The molecule has 11 nitrogen and oxygen atoms in total. The predicted octanol–water partition coefficient (Wildman–Crippen LogP) is 2.85. The minimum atomic E-state index is -0.892. The van der Waals surface area contributed by atoms with Crippen molar-refractivity contribution in [1.29, 1.82) is 0 Å². The lowest BCUT2D eigenvalue weighted by Crippen LogP contribution is -2.61. The van der Waals surface area contributed by atoms with Gasteiger partial charge in [0.15, 0.2) is 0 Å². The first-order chi connectivity index (χ1) is 21.0. The Kier molecular flexibility index (Phi) is 9.55. The van der Waals surface area contributed by atoms with E-state index in [1.165, 1.54) is 5.01 Å². The van der Waals surface area contributed by atoms with Crippen molar-refractivity contribution in [3.63, 3.8) is 0 Å². The van der Waals surface area contributed by atoms with Gasteiger partial charge in [0.2, 0.25) is 11.8 Å². The molecule has 2 aliphatic heterocycles. The van der Waals surface area contributed by atoms with Crippen LogP contribution in [0.15, 0.2) is 30.3 Å². The molecule has 3 amide bonds. The van der Waals surface area contributed by atoms with Gasteiger partial charge in [0.25, 0.3) is 5.91 Å². The Balaban J connectivity index is 1.49. The topological polar surface area (TPSA) is 150 Å². The molecule has 1 aliphatic carbocycles. The van der Waals surface area contributed by atoms with Gasteiger partial charge in [-0.1, -0.05) is 32.0 Å². The van der Waals surface area contributed by atoms with Gasteiger partial charge in [0, 0.05) is 17.3 Å². The van der Waals surface area contributed by atoms with Crippen LogP contribution in [0.3, 0.4) is 0 Å². The van der Waals surface area contributed by atoms with Gasteiger partial charge < -0.3 is 20.5 Å². The van der Waals surface area contributed by atoms with Crippen LogP contribution < -0.4 is 16.1 Å². The number of amides is 3. The first-order valence-electron chi connectivity index (χ1n) is 15.9. The molecule has 238 valence electrons. The number of nitrogens with zero attached hydrogens (tertiary/aromatic N) is 2. The van der Waals surface area contributed by atoms with Crippen LogP contribution >= 0.6 is 0 Å². The van der Waals surface area contributed by atoms with Crippen LogP contribution in [-0.2, 0) is 30.3 Å². The normalized spacial score (nSPS) is 31.1. The molecule has 2 fully saturated rings. The summed E-state index contributed by atoms with van der Waals surface area (Å²) in [4.78, 5) is 58.8. The SMILES string of the molecule is CC(C)C1NC(=O)C2(CCc3ccc4ccc(nc4c3)[C@@H](C)OC(=O)[C@@H]3CCCN(N3)C(=O)[C@H](C)NC1=O)CCC(O)CC2. The third-order valence-electron chi connectivity index (χ3n) is 9.48. The second-order valence-electron chi connectivity index (χ2n) is 13.1. The minimum Gasteiger partial charge on any atom is -0.455 e. The largest absolute Gasteiger partial charge is 0.455 e. The smallest absolute Gasteiger partial charge is 0.325 e. The van der Waals surface area contributed by atoms with Gasteiger partial charge in [-0.2, -0.15) is 0 Å². The maximum Gasteiger partial charge on any atom is 0.325 e. The van der Waals surface area contributed by atoms with Crippen molar-refractivity contribution in [3.8, 4) is 0 Å². The van der Waals surface area contributed by atoms with Crippen LogP contribution in [0.25, 0.3) is 10.9 Å². The molecule has 0 radical (unpaired) electrons. The van der Waals surface area contributed by atoms with E-state index in [0.717, 1.165) is 16.5 Å². The van der Waals surface area contributed by atoms with Crippen molar-refractivity contribution >= 4 is 34.6 Å². The second-order valence-corrected chi connectivity index (χ2v) is 13.1. The fourth-order valence-corrected chi connectivity index (χ4v) is 6.55. The number of nitrogens with one attached hydrogen (secondary N) is 3. The Bertz CT molecular complexity index is 1400. The monoisotopic (exact) mass is 607 g/mol. The summed E-state index contributed by atoms with van der Waals surface area (Å²) < 4.78 is 5.80. The van der Waals surface area contributed by atoms with Gasteiger partial charge in [-0.25, -0.2) is 10.4 Å². The Hall–Kier alpha value is -3.57. The molecule has 44 heavy (non-hydrogen) atoms. The fourth-order valence-electron chi connectivity index (χ4n) is 6.55. The molecule has 1 saturated carbocycles. The number of cyclic esters (lactones) is 1. The van der Waals surface area contributed by atoms with Crippen molar-refractivity contribution in [3.05, 3.63) is 41.6 Å². The van der Waals surface area contributed by atoms with Crippen molar-refractivity contribution in [2.45, 2.75) is 109 Å². The van der Waals surface area contributed by atoms with Crippen LogP contribution in [0.4, 0.5) is 0 Å². The highest BCUT2D eigenvalue weighted by atomic mass is 16.5. The second kappa shape index (κ2) is 13.2. The molecule has 11 heteroatoms. The van der Waals surface area contributed by atoms with E-state index in [2.05, 4.69) is 16.1 Å². The number of benzene rings is 1. The van der Waals surface area contributed by atoms with Gasteiger partial charge in [-0.15, -0.1) is 0 Å². The van der Waals surface area contributed by atoms with Gasteiger partial charge >= 0.3 is 5.97 Å². The van der Waals surface area contributed by atoms with Crippen molar-refractivity contribution in [2.75, 3.05) is 6.54 Å². The van der Waals surface area contributed by atoms with E-state index in [1.807, 2.05) is 44.2 Å². The maximum atomic E-state index is 14.0. The number of aliphatic hydroxyl groups is 1. The van der Waals surface area contributed by atoms with Crippen LogP contribution in [0.5, 0.6) is 0 Å². The van der Waals surface area contributed by atoms with E-state index in [4.69, 9.17) is 9.72 Å². The van der Waals surface area contributed by atoms with Gasteiger partial charge in [-0.3, -0.25) is 24.2 Å². The first kappa shape index (κ1) is 31.8. The minimum absolute atomic E-state index is 0.200. The van der Waals surface area contributed by atoms with Gasteiger partial charge in [0.05, 0.1) is 17.3 Å². The molecule has 4 N–H and O–H groups in total. The third-order valence-corrected chi connectivity index (χ3v) is 9.48. The summed E-state index contributed by atoms with van der Waals surface area (Å²) in [5, 5.41) is 18.4. The predicted molar refractivity (Wildman–Crippen MR) is 164 cm³/mol. The number of pyridine rings is 1. The Labute approximate surface area is 258 Å². The summed E-state index contributed by atoms with van der Waals surface area (Å²) in [5.41, 5.74) is 4.65. The van der Waals surface area contributed by atoms with Gasteiger partial charge in [0.1, 0.15) is 24.2 Å². The van der Waals surface area contributed by atoms with E-state index < -0.39 is 47.6 Å². The third kappa shape index (κ3) is 6.89. The molecule has 3 aliphatic rings. The molecule has 3 heterocycles. The zero-order chi connectivity index (χ0) is 31.6. The molecule has 1 saturated heterocycles. The Morgan fingerprint density at radius 2 is 1.73 bits per heavy atom. The molecule has 1 aromatic carbocycles. The number of ether oxygens (including phenoxy) is 1. The fraction of sp³-hybridized carbons (Fsp3) is 0.606. The lowest BCUT2D eigenvalue weighted by Gasteiger charge is -2.39. The molecule has 4 atom stereocenters. The lowest BCUT2D eigenvalue weighted by atomic mass is 9.69. The number of aromatic nitrogens is 1. The molecule has 2 aromatic rings. The van der Waals surface area contributed by atoms with E-state index >= 15 is 0 Å². The highest BCUT2D eigenvalue weighted by Gasteiger charge is 2.43. The number of esters is 1. The van der Waals surface area contributed by atoms with Crippen molar-refractivity contribution in [2.24, 2.45) is 11.3 Å². The Morgan fingerprint density at radius 3 is 2.45 bits per heavy atom. The maximum absolute atomic E-state index is 14.0. The van der Waals surface area contributed by atoms with Crippen molar-refractivity contribution in [1.82, 2.24) is 26.1 Å². The number of aliphatic hydroxyl groups excluding tert-OH is 1. The van der Waals surface area contributed by atoms with Crippen LogP contribution in [0.1, 0.15) is 90.0 Å². The lowest BCUT2D eigenvalue weighted by molar-refractivity contribution is -0.157. The van der Waals surface area contributed by atoms with Gasteiger partial charge in [-0.05, 0) is 88.8 Å². The summed E-state index contributed by atoms with van der Waals surface area (Å²) in [6.45, 7) is 7.47. The number of fused-ring (bicyclic) bond motifs is 4. The van der Waals surface area contributed by atoms with Crippen LogP contribution in [0.2, 0.25) is 0 Å². The number of carbonyl (C=O) groups excluding carboxylic acids is 4. The van der Waals surface area contributed by atoms with Crippen LogP contribution in [0, 0.1) is 11.3 Å². The molecule has 1 aromatic heterocycles. The molecule has 5 bridgehead atoms. The molecule has 1 spiro atoms. The number of hydrogen-bond acceptors (Lipinski definition) is 8. The van der Waals surface area contributed by atoms with Crippen LogP contribution in [-0.4, -0.2) is 69.6 Å². The summed E-state index contributed by atoms with van der Waals surface area (Å²) in [6.07, 6.45) is 3.26. The van der Waals surface area contributed by atoms with E-state index in [1.54, 1.807) is 13.8 Å². The quantitative estimate of drug-likeness (QED) is 0.362. The number of rotatable bonds is 1. The zero-order valence-corrected chi connectivity index (χ0v) is 26.1. The highest BCUT2D eigenvalue weighted by Crippen LogP contribution is 2.41. The summed E-state index contributed by atoms with van der Waals surface area (Å²) in [6, 6.07) is 7.40. The standard InChI is InChI=1S/C33H45N5O6/c1-19(2)28-29(40)34-20(3)30(41)38-17-5-6-26(37-38)31(42)44-21(4)25-10-9-23-8-7-22(18-27(23)35-25)11-14-33(32(43)36-28)15-12-24(39)13-16-33/h7-10,18-21,24,26,28,37,39H,5-6,11-17H2,1-4H3,(H,34,40)(H,36,43)/t20-,21+,24?,26-,28?,33?/m0/s1. The number of carbonyl (C=O) groups is 4. The zero-order valence-electron chi connectivity index (χ0n) is 26.1. The number of aryl methyl sites for hydroxylation is 1. The summed E-state index contributed by atoms with van der Waals surface area (Å²) in [7, 11) is 0. The molecule has 5 rings (SSSR count). The summed E-state index contributed by atoms with van der Waals surface area (Å²) >= 11 is 0. The molecular formula is C33H45N5O6. The average molecular weight is 608 g/mol. The molecular weight excluding hydrogens is 562 g/mol. The number of hydrogen-bond donors (Lipinski definition) is 4. The van der Waals surface area contributed by atoms with Crippen molar-refractivity contribution < 1.29 is 29.0 Å². The van der Waals surface area contributed by atoms with E-state index in [0.29, 0.717) is 63.6 Å². The highest BCUT2D eigenvalue weighted by molar-refractivity contribution is 5.93. The molecule has 1 unspecified atom stereocenters. The van der Waals surface area contributed by atoms with E-state index in [9.17, 15) is 24.3 Å². The van der Waals surface area contributed by atoms with E-state index in [-0.39, 0.29) is 17.7 Å². The first-order valence-corrected chi connectivity index (χ1v) is 15.9. The number of hydrazine groups is 1. The Morgan fingerprint density at radius 1 is 1.00 bits per heavy atom. The average Bonchev–Trinajstić information content (AvgIpc) is 3.01. The summed E-state index contributed by atoms with van der Waals surface area (Å²) in [5.74, 6) is -1.73.